The summed E-state index contributed by atoms with van der Waals surface area (Å²) < 4.78 is 0. The molecule has 0 aromatic rings. The molecule has 0 radical (unpaired) electrons. The van der Waals surface area contributed by atoms with Crippen LogP contribution in [-0.2, 0) is 0 Å². The lowest BCUT2D eigenvalue weighted by atomic mass is 9.76. The number of hydrogen-bond donors (Lipinski definition) is 2. The molecule has 0 aliphatic rings. The van der Waals surface area contributed by atoms with E-state index in [0.29, 0.717) is 6.42 Å². The summed E-state index contributed by atoms with van der Waals surface area (Å²) in [6.07, 6.45) is 3.00. The molecular formula is C11H22O2. The first-order valence-electron chi connectivity index (χ1n) is 4.95. The Morgan fingerprint density at radius 1 is 1.46 bits per heavy atom. The maximum absolute atomic E-state index is 9.81. The molecule has 0 saturated heterocycles. The van der Waals surface area contributed by atoms with Gasteiger partial charge in [-0.2, -0.15) is 0 Å². The number of allylic oxidation sites excluding steroid dienone is 1. The molecule has 1 atom stereocenters. The SMILES string of the molecule is C/C=C(\CC)C(C)(C)C(O)CCO. The van der Waals surface area contributed by atoms with E-state index in [9.17, 15) is 5.11 Å². The second-order valence-electron chi connectivity index (χ2n) is 3.92. The maximum atomic E-state index is 9.81. The van der Waals surface area contributed by atoms with Crippen LogP contribution < -0.4 is 0 Å². The molecule has 0 fully saturated rings. The van der Waals surface area contributed by atoms with E-state index in [1.165, 1.54) is 5.57 Å². The lowest BCUT2D eigenvalue weighted by Gasteiger charge is -2.32. The quantitative estimate of drug-likeness (QED) is 0.646. The molecule has 2 nitrogen and oxygen atoms in total. The zero-order valence-corrected chi connectivity index (χ0v) is 9.17. The number of aliphatic hydroxyl groups is 2. The molecule has 0 aromatic heterocycles. The van der Waals surface area contributed by atoms with Crippen molar-refractivity contribution in [1.82, 2.24) is 0 Å². The molecule has 0 heterocycles. The first kappa shape index (κ1) is 12.7. The van der Waals surface area contributed by atoms with Crippen LogP contribution >= 0.6 is 0 Å². The van der Waals surface area contributed by atoms with Crippen LogP contribution in [0.25, 0.3) is 0 Å². The molecule has 0 bridgehead atoms. The summed E-state index contributed by atoms with van der Waals surface area (Å²) in [4.78, 5) is 0. The molecule has 0 aliphatic carbocycles. The third-order valence-electron chi connectivity index (χ3n) is 2.79. The van der Waals surface area contributed by atoms with Crippen molar-refractivity contribution in [2.75, 3.05) is 6.61 Å². The van der Waals surface area contributed by atoms with Crippen molar-refractivity contribution >= 4 is 0 Å². The Hall–Kier alpha value is -0.340. The molecule has 13 heavy (non-hydrogen) atoms. The summed E-state index contributed by atoms with van der Waals surface area (Å²) in [5.41, 5.74) is 1.03. The van der Waals surface area contributed by atoms with Gasteiger partial charge in [-0.1, -0.05) is 32.4 Å². The average molecular weight is 186 g/mol. The summed E-state index contributed by atoms with van der Waals surface area (Å²) in [6, 6.07) is 0. The zero-order chi connectivity index (χ0) is 10.5. The maximum Gasteiger partial charge on any atom is 0.0650 e. The van der Waals surface area contributed by atoms with Gasteiger partial charge in [0.2, 0.25) is 0 Å². The first-order chi connectivity index (χ1) is 6.00. The molecule has 1 unspecified atom stereocenters. The Morgan fingerprint density at radius 3 is 2.31 bits per heavy atom. The van der Waals surface area contributed by atoms with Crippen LogP contribution in [0.1, 0.15) is 40.5 Å². The van der Waals surface area contributed by atoms with Gasteiger partial charge in [-0.25, -0.2) is 0 Å². The lowest BCUT2D eigenvalue weighted by Crippen LogP contribution is -2.32. The number of hydrogen-bond acceptors (Lipinski definition) is 2. The van der Waals surface area contributed by atoms with Gasteiger partial charge in [0.25, 0.3) is 0 Å². The van der Waals surface area contributed by atoms with Gasteiger partial charge in [0.15, 0.2) is 0 Å². The summed E-state index contributed by atoms with van der Waals surface area (Å²) in [7, 11) is 0. The van der Waals surface area contributed by atoms with Crippen molar-refractivity contribution in [3.63, 3.8) is 0 Å². The minimum Gasteiger partial charge on any atom is -0.396 e. The van der Waals surface area contributed by atoms with Gasteiger partial charge in [-0.3, -0.25) is 0 Å². The van der Waals surface area contributed by atoms with Crippen molar-refractivity contribution in [2.24, 2.45) is 5.41 Å². The van der Waals surface area contributed by atoms with Crippen molar-refractivity contribution in [1.29, 1.82) is 0 Å². The van der Waals surface area contributed by atoms with E-state index >= 15 is 0 Å². The monoisotopic (exact) mass is 186 g/mol. The Morgan fingerprint density at radius 2 is 2.00 bits per heavy atom. The highest BCUT2D eigenvalue weighted by Crippen LogP contribution is 2.33. The van der Waals surface area contributed by atoms with Crippen LogP contribution in [0.4, 0.5) is 0 Å². The van der Waals surface area contributed by atoms with Crippen LogP contribution in [0.15, 0.2) is 11.6 Å². The van der Waals surface area contributed by atoms with Gasteiger partial charge in [0.1, 0.15) is 0 Å². The van der Waals surface area contributed by atoms with Crippen LogP contribution in [-0.4, -0.2) is 22.9 Å². The van der Waals surface area contributed by atoms with E-state index in [1.807, 2.05) is 20.8 Å². The van der Waals surface area contributed by atoms with Crippen LogP contribution in [0.5, 0.6) is 0 Å². The second kappa shape index (κ2) is 5.40. The highest BCUT2D eigenvalue weighted by molar-refractivity contribution is 5.12. The topological polar surface area (TPSA) is 40.5 Å². The third kappa shape index (κ3) is 3.12. The number of aliphatic hydroxyl groups excluding tert-OH is 2. The smallest absolute Gasteiger partial charge is 0.0650 e. The lowest BCUT2D eigenvalue weighted by molar-refractivity contribution is 0.0488. The molecule has 2 heteroatoms. The summed E-state index contributed by atoms with van der Waals surface area (Å²) in [5.74, 6) is 0. The summed E-state index contributed by atoms with van der Waals surface area (Å²) in [6.45, 7) is 8.17. The van der Waals surface area contributed by atoms with Crippen molar-refractivity contribution in [3.05, 3.63) is 11.6 Å². The fraction of sp³-hybridized carbons (Fsp3) is 0.818. The standard InChI is InChI=1S/C11H22O2/c1-5-9(6-2)11(3,4)10(13)7-8-12/h5,10,12-13H,6-8H2,1-4H3/b9-5+. The predicted molar refractivity (Wildman–Crippen MR) is 55.5 cm³/mol. The van der Waals surface area contributed by atoms with E-state index in [1.54, 1.807) is 0 Å². The molecule has 0 amide bonds. The highest BCUT2D eigenvalue weighted by Gasteiger charge is 2.29. The minimum absolute atomic E-state index is 0.0469. The van der Waals surface area contributed by atoms with Crippen molar-refractivity contribution in [2.45, 2.75) is 46.6 Å². The molecule has 0 aliphatic heterocycles. The van der Waals surface area contributed by atoms with Gasteiger partial charge >= 0.3 is 0 Å². The summed E-state index contributed by atoms with van der Waals surface area (Å²) in [5, 5.41) is 18.6. The Balaban J connectivity index is 4.52. The Labute approximate surface area is 81.3 Å². The van der Waals surface area contributed by atoms with Gasteiger partial charge in [0.05, 0.1) is 6.10 Å². The molecule has 78 valence electrons. The fourth-order valence-corrected chi connectivity index (χ4v) is 1.73. The van der Waals surface area contributed by atoms with Crippen LogP contribution in [0, 0.1) is 5.41 Å². The molecule has 0 rings (SSSR count). The fourth-order valence-electron chi connectivity index (χ4n) is 1.73. The minimum atomic E-state index is -0.455. The normalized spacial score (nSPS) is 16.0. The van der Waals surface area contributed by atoms with E-state index in [-0.39, 0.29) is 12.0 Å². The Bertz CT molecular complexity index is 171. The largest absolute Gasteiger partial charge is 0.396 e. The van der Waals surface area contributed by atoms with Gasteiger partial charge < -0.3 is 10.2 Å². The highest BCUT2D eigenvalue weighted by atomic mass is 16.3. The van der Waals surface area contributed by atoms with Crippen molar-refractivity contribution < 1.29 is 10.2 Å². The molecular weight excluding hydrogens is 164 g/mol. The average Bonchev–Trinajstić information content (AvgIpc) is 2.06. The molecule has 0 aromatic carbocycles. The van der Waals surface area contributed by atoms with Crippen molar-refractivity contribution in [3.8, 4) is 0 Å². The Kier molecular flexibility index (Phi) is 5.26. The summed E-state index contributed by atoms with van der Waals surface area (Å²) >= 11 is 0. The van der Waals surface area contributed by atoms with E-state index in [0.717, 1.165) is 6.42 Å². The van der Waals surface area contributed by atoms with E-state index in [2.05, 4.69) is 13.0 Å². The van der Waals surface area contributed by atoms with Gasteiger partial charge in [0, 0.05) is 12.0 Å². The predicted octanol–water partition coefficient (Wildman–Crippen LogP) is 2.11. The zero-order valence-electron chi connectivity index (χ0n) is 9.17. The van der Waals surface area contributed by atoms with E-state index < -0.39 is 6.10 Å². The number of rotatable bonds is 5. The third-order valence-corrected chi connectivity index (χ3v) is 2.79. The second-order valence-corrected chi connectivity index (χ2v) is 3.92. The van der Waals surface area contributed by atoms with E-state index in [4.69, 9.17) is 5.11 Å². The molecule has 0 spiro atoms. The molecule has 2 N–H and O–H groups in total. The molecule has 0 saturated carbocycles. The van der Waals surface area contributed by atoms with Gasteiger partial charge in [-0.05, 0) is 19.8 Å². The first-order valence-corrected chi connectivity index (χ1v) is 4.95. The van der Waals surface area contributed by atoms with Crippen LogP contribution in [0.2, 0.25) is 0 Å². The van der Waals surface area contributed by atoms with Crippen LogP contribution in [0.3, 0.4) is 0 Å². The van der Waals surface area contributed by atoms with Gasteiger partial charge in [-0.15, -0.1) is 0 Å².